The van der Waals surface area contributed by atoms with Crippen molar-refractivity contribution in [2.75, 3.05) is 34.4 Å². The van der Waals surface area contributed by atoms with Gasteiger partial charge >= 0.3 is 0 Å². The molecule has 2 atom stereocenters. The summed E-state index contributed by atoms with van der Waals surface area (Å²) >= 11 is 0. The standard InChI is InChI=1S/C23H30N2O6S/c1-16(17-7-9-19(29-2)10-8-17)24-23(26)18-6-5-13-25(15-18)32(27,28)20-11-12-21(30-3)22(14-20)31-4/h7-12,14,16,18H,5-6,13,15H2,1-4H3,(H,24,26)/t16-,18+/m1/s1. The third-order valence-corrected chi connectivity index (χ3v) is 7.58. The summed E-state index contributed by atoms with van der Waals surface area (Å²) in [6.07, 6.45) is 1.25. The van der Waals surface area contributed by atoms with Crippen molar-refractivity contribution in [2.45, 2.75) is 30.7 Å². The Labute approximate surface area is 189 Å². The fourth-order valence-corrected chi connectivity index (χ4v) is 5.35. The van der Waals surface area contributed by atoms with E-state index in [1.807, 2.05) is 31.2 Å². The third kappa shape index (κ3) is 5.16. The lowest BCUT2D eigenvalue weighted by Crippen LogP contribution is -2.45. The van der Waals surface area contributed by atoms with Crippen LogP contribution in [0.5, 0.6) is 17.2 Å². The smallest absolute Gasteiger partial charge is 0.243 e. The van der Waals surface area contributed by atoms with Gasteiger partial charge < -0.3 is 19.5 Å². The second-order valence-corrected chi connectivity index (χ2v) is 9.66. The van der Waals surface area contributed by atoms with Crippen LogP contribution in [-0.4, -0.2) is 53.0 Å². The van der Waals surface area contributed by atoms with E-state index in [0.717, 1.165) is 11.3 Å². The molecule has 1 aliphatic rings. The molecule has 1 amide bonds. The molecule has 0 aliphatic carbocycles. The van der Waals surface area contributed by atoms with Crippen molar-refractivity contribution in [1.29, 1.82) is 0 Å². The molecule has 1 saturated heterocycles. The minimum absolute atomic E-state index is 0.114. The summed E-state index contributed by atoms with van der Waals surface area (Å²) in [7, 11) is 0.783. The average Bonchev–Trinajstić information content (AvgIpc) is 2.83. The highest BCUT2D eigenvalue weighted by molar-refractivity contribution is 7.89. The normalized spacial score (nSPS) is 17.9. The zero-order valence-electron chi connectivity index (χ0n) is 18.8. The van der Waals surface area contributed by atoms with Crippen LogP contribution in [0.3, 0.4) is 0 Å². The summed E-state index contributed by atoms with van der Waals surface area (Å²) in [6.45, 7) is 2.41. The first-order valence-corrected chi connectivity index (χ1v) is 11.9. The molecule has 0 unspecified atom stereocenters. The van der Waals surface area contributed by atoms with Gasteiger partial charge in [-0.3, -0.25) is 4.79 Å². The molecule has 8 nitrogen and oxygen atoms in total. The highest BCUT2D eigenvalue weighted by atomic mass is 32.2. The van der Waals surface area contributed by atoms with Gasteiger partial charge in [0.15, 0.2) is 11.5 Å². The molecular weight excluding hydrogens is 432 g/mol. The molecular formula is C23H30N2O6S. The molecule has 9 heteroatoms. The number of nitrogens with one attached hydrogen (secondary N) is 1. The minimum atomic E-state index is -3.77. The van der Waals surface area contributed by atoms with Crippen molar-refractivity contribution in [1.82, 2.24) is 9.62 Å². The molecule has 1 heterocycles. The molecule has 1 N–H and O–H groups in total. The van der Waals surface area contributed by atoms with Gasteiger partial charge in [0.25, 0.3) is 0 Å². The van der Waals surface area contributed by atoms with E-state index in [2.05, 4.69) is 5.32 Å². The summed E-state index contributed by atoms with van der Waals surface area (Å²) in [5, 5.41) is 3.01. The number of nitrogens with zero attached hydrogens (tertiary/aromatic N) is 1. The molecule has 174 valence electrons. The van der Waals surface area contributed by atoms with Crippen LogP contribution in [0.4, 0.5) is 0 Å². The predicted octanol–water partition coefficient (Wildman–Crippen LogP) is 2.99. The highest BCUT2D eigenvalue weighted by Gasteiger charge is 2.34. The quantitative estimate of drug-likeness (QED) is 0.648. The Kier molecular flexibility index (Phi) is 7.63. The van der Waals surface area contributed by atoms with Crippen LogP contribution in [0, 0.1) is 5.92 Å². The van der Waals surface area contributed by atoms with Crippen LogP contribution in [0.1, 0.15) is 31.4 Å². The van der Waals surface area contributed by atoms with Crippen LogP contribution in [-0.2, 0) is 14.8 Å². The summed E-state index contributed by atoms with van der Waals surface area (Å²) < 4.78 is 43.4. The van der Waals surface area contributed by atoms with Crippen LogP contribution < -0.4 is 19.5 Å². The van der Waals surface area contributed by atoms with E-state index < -0.39 is 15.9 Å². The third-order valence-electron chi connectivity index (χ3n) is 5.72. The molecule has 2 aromatic carbocycles. The van der Waals surface area contributed by atoms with E-state index in [1.165, 1.54) is 30.7 Å². The molecule has 32 heavy (non-hydrogen) atoms. The monoisotopic (exact) mass is 462 g/mol. The molecule has 1 fully saturated rings. The predicted molar refractivity (Wildman–Crippen MR) is 121 cm³/mol. The van der Waals surface area contributed by atoms with Crippen LogP contribution in [0.2, 0.25) is 0 Å². The van der Waals surface area contributed by atoms with Gasteiger partial charge in [0.2, 0.25) is 15.9 Å². The summed E-state index contributed by atoms with van der Waals surface area (Å²) in [4.78, 5) is 13.0. The number of rotatable bonds is 8. The van der Waals surface area contributed by atoms with Gasteiger partial charge in [-0.05, 0) is 49.6 Å². The SMILES string of the molecule is COc1ccc([C@@H](C)NC(=O)[C@H]2CCCN(S(=O)(=O)c3ccc(OC)c(OC)c3)C2)cc1. The zero-order valence-corrected chi connectivity index (χ0v) is 19.6. The van der Waals surface area contributed by atoms with Crippen molar-refractivity contribution in [3.63, 3.8) is 0 Å². The van der Waals surface area contributed by atoms with Gasteiger partial charge in [-0.25, -0.2) is 8.42 Å². The van der Waals surface area contributed by atoms with E-state index >= 15 is 0 Å². The number of hydrogen-bond donors (Lipinski definition) is 1. The Hall–Kier alpha value is -2.78. The lowest BCUT2D eigenvalue weighted by atomic mass is 9.98. The second kappa shape index (κ2) is 10.2. The Morgan fingerprint density at radius 1 is 1.03 bits per heavy atom. The van der Waals surface area contributed by atoms with Crippen molar-refractivity contribution in [3.05, 3.63) is 48.0 Å². The molecule has 0 aromatic heterocycles. The minimum Gasteiger partial charge on any atom is -0.497 e. The lowest BCUT2D eigenvalue weighted by Gasteiger charge is -2.32. The fraction of sp³-hybridized carbons (Fsp3) is 0.435. The molecule has 0 spiro atoms. The second-order valence-electron chi connectivity index (χ2n) is 7.72. The Morgan fingerprint density at radius 2 is 1.72 bits per heavy atom. The van der Waals surface area contributed by atoms with Gasteiger partial charge in [-0.2, -0.15) is 4.31 Å². The van der Waals surface area contributed by atoms with Crippen LogP contribution in [0.25, 0.3) is 0 Å². The van der Waals surface area contributed by atoms with E-state index in [-0.39, 0.29) is 23.4 Å². The maximum Gasteiger partial charge on any atom is 0.243 e. The topological polar surface area (TPSA) is 94.2 Å². The van der Waals surface area contributed by atoms with E-state index in [1.54, 1.807) is 13.2 Å². The number of piperidine rings is 1. The number of carbonyl (C=O) groups is 1. The highest BCUT2D eigenvalue weighted by Crippen LogP contribution is 2.32. The summed E-state index contributed by atoms with van der Waals surface area (Å²) in [5.74, 6) is 0.971. The summed E-state index contributed by atoms with van der Waals surface area (Å²) in [5.41, 5.74) is 0.949. The zero-order chi connectivity index (χ0) is 23.3. The van der Waals surface area contributed by atoms with Crippen molar-refractivity contribution < 1.29 is 27.4 Å². The maximum atomic E-state index is 13.2. The van der Waals surface area contributed by atoms with Gasteiger partial charge in [0, 0.05) is 19.2 Å². The molecule has 0 radical (unpaired) electrons. The van der Waals surface area contributed by atoms with Gasteiger partial charge in [-0.1, -0.05) is 12.1 Å². The van der Waals surface area contributed by atoms with E-state index in [0.29, 0.717) is 30.9 Å². The largest absolute Gasteiger partial charge is 0.497 e. The number of amides is 1. The number of carbonyl (C=O) groups excluding carboxylic acids is 1. The lowest BCUT2D eigenvalue weighted by molar-refractivity contribution is -0.126. The summed E-state index contributed by atoms with van der Waals surface area (Å²) in [6, 6.07) is 11.8. The van der Waals surface area contributed by atoms with Crippen LogP contribution in [0.15, 0.2) is 47.4 Å². The molecule has 3 rings (SSSR count). The van der Waals surface area contributed by atoms with Crippen molar-refractivity contribution in [3.8, 4) is 17.2 Å². The molecule has 0 bridgehead atoms. The van der Waals surface area contributed by atoms with Gasteiger partial charge in [0.1, 0.15) is 5.75 Å². The molecule has 0 saturated carbocycles. The number of sulfonamides is 1. The first-order valence-electron chi connectivity index (χ1n) is 10.5. The Balaban J connectivity index is 1.70. The number of ether oxygens (including phenoxy) is 3. The number of hydrogen-bond acceptors (Lipinski definition) is 6. The van der Waals surface area contributed by atoms with E-state index in [9.17, 15) is 13.2 Å². The molecule has 1 aliphatic heterocycles. The van der Waals surface area contributed by atoms with Gasteiger partial charge in [0.05, 0.1) is 38.2 Å². The van der Waals surface area contributed by atoms with Gasteiger partial charge in [-0.15, -0.1) is 0 Å². The maximum absolute atomic E-state index is 13.2. The number of methoxy groups -OCH3 is 3. The first kappa shape index (κ1) is 23.9. The average molecular weight is 463 g/mol. The van der Waals surface area contributed by atoms with E-state index in [4.69, 9.17) is 14.2 Å². The van der Waals surface area contributed by atoms with Crippen molar-refractivity contribution >= 4 is 15.9 Å². The fourth-order valence-electron chi connectivity index (χ4n) is 3.81. The molecule has 2 aromatic rings. The Bertz CT molecular complexity index is 1040. The number of benzene rings is 2. The first-order chi connectivity index (χ1) is 15.3. The van der Waals surface area contributed by atoms with Crippen LogP contribution >= 0.6 is 0 Å². The van der Waals surface area contributed by atoms with Crippen molar-refractivity contribution in [2.24, 2.45) is 5.92 Å². The Morgan fingerprint density at radius 3 is 2.34 bits per heavy atom.